The van der Waals surface area contributed by atoms with E-state index in [9.17, 15) is 32.1 Å². The first-order valence-corrected chi connectivity index (χ1v) is 8.83. The van der Waals surface area contributed by atoms with Gasteiger partial charge in [0.25, 0.3) is 5.69 Å². The van der Waals surface area contributed by atoms with Crippen LogP contribution in [0.15, 0.2) is 41.3 Å². The quantitative estimate of drug-likeness (QED) is 0.480. The van der Waals surface area contributed by atoms with Crippen LogP contribution in [-0.2, 0) is 14.8 Å². The minimum absolute atomic E-state index is 0.00524. The van der Waals surface area contributed by atoms with Gasteiger partial charge in [-0.2, -0.15) is 0 Å². The normalized spacial score (nSPS) is 11.1. The third-order valence-corrected chi connectivity index (χ3v) is 4.80. The molecular formula is C15H14F2N4O5S. The highest BCUT2D eigenvalue weighted by Crippen LogP contribution is 2.27. The second-order valence-electron chi connectivity index (χ2n) is 5.17. The number of rotatable bonds is 7. The van der Waals surface area contributed by atoms with Crippen molar-refractivity contribution >= 4 is 33.0 Å². The number of nitrogens with zero attached hydrogens (tertiary/aromatic N) is 1. The van der Waals surface area contributed by atoms with E-state index in [0.717, 1.165) is 43.4 Å². The van der Waals surface area contributed by atoms with Crippen molar-refractivity contribution in [2.45, 2.75) is 4.90 Å². The van der Waals surface area contributed by atoms with Crippen LogP contribution in [0.3, 0.4) is 0 Å². The zero-order chi connectivity index (χ0) is 20.2. The number of nitro benzene ring substituents is 1. The Morgan fingerprint density at radius 3 is 2.44 bits per heavy atom. The average molecular weight is 400 g/mol. The van der Waals surface area contributed by atoms with Crippen molar-refractivity contribution in [1.29, 1.82) is 0 Å². The molecule has 2 aromatic carbocycles. The van der Waals surface area contributed by atoms with Crippen molar-refractivity contribution in [2.24, 2.45) is 0 Å². The Morgan fingerprint density at radius 2 is 1.85 bits per heavy atom. The van der Waals surface area contributed by atoms with Crippen LogP contribution in [0.2, 0.25) is 0 Å². The summed E-state index contributed by atoms with van der Waals surface area (Å²) in [4.78, 5) is 21.9. The summed E-state index contributed by atoms with van der Waals surface area (Å²) in [6.45, 7) is -0.433. The van der Waals surface area contributed by atoms with Gasteiger partial charge < -0.3 is 10.6 Å². The van der Waals surface area contributed by atoms with Gasteiger partial charge in [0, 0.05) is 17.8 Å². The number of halogens is 2. The fraction of sp³-hybridized carbons (Fsp3) is 0.133. The summed E-state index contributed by atoms with van der Waals surface area (Å²) in [6.07, 6.45) is 0. The molecule has 2 rings (SSSR count). The molecule has 9 nitrogen and oxygen atoms in total. The molecule has 0 radical (unpaired) electrons. The van der Waals surface area contributed by atoms with Gasteiger partial charge in [0.2, 0.25) is 15.9 Å². The summed E-state index contributed by atoms with van der Waals surface area (Å²) in [6, 6.07) is 5.90. The van der Waals surface area contributed by atoms with E-state index in [1.807, 2.05) is 4.72 Å². The zero-order valence-electron chi connectivity index (χ0n) is 13.8. The van der Waals surface area contributed by atoms with Gasteiger partial charge in [0.05, 0.1) is 16.4 Å². The van der Waals surface area contributed by atoms with E-state index in [-0.39, 0.29) is 16.3 Å². The lowest BCUT2D eigenvalue weighted by atomic mass is 10.2. The minimum Gasteiger partial charge on any atom is -0.371 e. The Balaban J connectivity index is 2.13. The highest BCUT2D eigenvalue weighted by molar-refractivity contribution is 7.89. The molecule has 2 aromatic rings. The summed E-state index contributed by atoms with van der Waals surface area (Å²) in [5.74, 6) is -2.89. The molecule has 0 aliphatic rings. The lowest BCUT2D eigenvalue weighted by Gasteiger charge is -2.10. The number of carbonyl (C=O) groups is 1. The van der Waals surface area contributed by atoms with Crippen LogP contribution in [0.5, 0.6) is 0 Å². The first-order valence-electron chi connectivity index (χ1n) is 7.35. The minimum atomic E-state index is -3.88. The van der Waals surface area contributed by atoms with Gasteiger partial charge in [0.1, 0.15) is 5.69 Å². The molecule has 3 N–H and O–H groups in total. The first kappa shape index (κ1) is 20.2. The maximum Gasteiger partial charge on any atom is 0.293 e. The van der Waals surface area contributed by atoms with Gasteiger partial charge in [-0.15, -0.1) is 0 Å². The van der Waals surface area contributed by atoms with Crippen molar-refractivity contribution in [1.82, 2.24) is 4.72 Å². The second-order valence-corrected chi connectivity index (χ2v) is 7.06. The third-order valence-electron chi connectivity index (χ3n) is 3.39. The number of carbonyl (C=O) groups excluding carboxylic acids is 1. The van der Waals surface area contributed by atoms with Crippen LogP contribution in [0.1, 0.15) is 0 Å². The van der Waals surface area contributed by atoms with Gasteiger partial charge in [-0.1, -0.05) is 0 Å². The van der Waals surface area contributed by atoms with Crippen molar-refractivity contribution in [2.75, 3.05) is 24.2 Å². The number of amides is 1. The van der Waals surface area contributed by atoms with Gasteiger partial charge in [0.15, 0.2) is 11.6 Å². The van der Waals surface area contributed by atoms with E-state index in [0.29, 0.717) is 0 Å². The van der Waals surface area contributed by atoms with Crippen LogP contribution >= 0.6 is 0 Å². The molecule has 0 spiro atoms. The highest BCUT2D eigenvalue weighted by atomic mass is 32.2. The van der Waals surface area contributed by atoms with E-state index < -0.39 is 44.7 Å². The van der Waals surface area contributed by atoms with E-state index >= 15 is 0 Å². The largest absolute Gasteiger partial charge is 0.371 e. The summed E-state index contributed by atoms with van der Waals surface area (Å²) in [7, 11) is -2.72. The number of benzene rings is 2. The van der Waals surface area contributed by atoms with E-state index in [1.54, 1.807) is 0 Å². The first-order chi connectivity index (χ1) is 12.6. The van der Waals surface area contributed by atoms with Crippen LogP contribution < -0.4 is 15.4 Å². The Labute approximate surface area is 152 Å². The van der Waals surface area contributed by atoms with Crippen LogP contribution in [-0.4, -0.2) is 32.8 Å². The maximum absolute atomic E-state index is 13.1. The standard InChI is InChI=1S/C15H14F2N4O5S/c1-18-27(25,26)10-3-5-13(14(7-10)21(23)24)19-8-15(22)20-9-2-4-11(16)12(17)6-9/h2-7,18-19H,8H2,1H3,(H,20,22). The molecule has 12 heteroatoms. The number of nitrogens with one attached hydrogen (secondary N) is 3. The van der Waals surface area contributed by atoms with Crippen molar-refractivity contribution in [3.8, 4) is 0 Å². The third kappa shape index (κ3) is 4.95. The molecule has 0 aliphatic carbocycles. The van der Waals surface area contributed by atoms with Crippen molar-refractivity contribution in [3.05, 3.63) is 58.1 Å². The van der Waals surface area contributed by atoms with Crippen molar-refractivity contribution in [3.63, 3.8) is 0 Å². The van der Waals surface area contributed by atoms with Gasteiger partial charge in [-0.3, -0.25) is 14.9 Å². The smallest absolute Gasteiger partial charge is 0.293 e. The molecule has 0 bridgehead atoms. The Kier molecular flexibility index (Phi) is 6.02. The Morgan fingerprint density at radius 1 is 1.15 bits per heavy atom. The Bertz CT molecular complexity index is 998. The predicted molar refractivity (Wildman–Crippen MR) is 92.8 cm³/mol. The lowest BCUT2D eigenvalue weighted by molar-refractivity contribution is -0.384. The average Bonchev–Trinajstić information content (AvgIpc) is 2.62. The number of hydrogen-bond acceptors (Lipinski definition) is 6. The summed E-state index contributed by atoms with van der Waals surface area (Å²) < 4.78 is 51.5. The molecule has 0 heterocycles. The molecule has 0 aliphatic heterocycles. The lowest BCUT2D eigenvalue weighted by Crippen LogP contribution is -2.22. The molecule has 0 saturated carbocycles. The molecule has 0 fully saturated rings. The van der Waals surface area contributed by atoms with Gasteiger partial charge in [-0.25, -0.2) is 21.9 Å². The van der Waals surface area contributed by atoms with Gasteiger partial charge in [-0.05, 0) is 31.3 Å². The van der Waals surface area contributed by atoms with Gasteiger partial charge >= 0.3 is 0 Å². The second kappa shape index (κ2) is 8.05. The number of nitro groups is 1. The number of hydrogen-bond donors (Lipinski definition) is 3. The van der Waals surface area contributed by atoms with E-state index in [1.165, 1.54) is 0 Å². The number of sulfonamides is 1. The molecule has 27 heavy (non-hydrogen) atoms. The SMILES string of the molecule is CNS(=O)(=O)c1ccc(NCC(=O)Nc2ccc(F)c(F)c2)c([N+](=O)[O-])c1. The molecular weight excluding hydrogens is 386 g/mol. The van der Waals surface area contributed by atoms with Crippen LogP contribution in [0, 0.1) is 21.7 Å². The molecule has 0 atom stereocenters. The van der Waals surface area contributed by atoms with E-state index in [4.69, 9.17) is 0 Å². The fourth-order valence-corrected chi connectivity index (χ4v) is 2.80. The summed E-state index contributed by atoms with van der Waals surface area (Å²) in [5.41, 5.74) is -0.631. The maximum atomic E-state index is 13.1. The molecule has 0 aromatic heterocycles. The van der Waals surface area contributed by atoms with E-state index in [2.05, 4.69) is 10.6 Å². The summed E-state index contributed by atoms with van der Waals surface area (Å²) >= 11 is 0. The monoisotopic (exact) mass is 400 g/mol. The fourth-order valence-electron chi connectivity index (χ4n) is 2.05. The van der Waals surface area contributed by atoms with Crippen LogP contribution in [0.4, 0.5) is 25.8 Å². The summed E-state index contributed by atoms with van der Waals surface area (Å²) in [5, 5.41) is 16.0. The molecule has 0 unspecified atom stereocenters. The van der Waals surface area contributed by atoms with Crippen molar-refractivity contribution < 1.29 is 26.9 Å². The highest BCUT2D eigenvalue weighted by Gasteiger charge is 2.20. The van der Waals surface area contributed by atoms with Crippen LogP contribution in [0.25, 0.3) is 0 Å². The Hall–Kier alpha value is -3.12. The molecule has 144 valence electrons. The number of anilines is 2. The predicted octanol–water partition coefficient (Wildman–Crippen LogP) is 1.83. The molecule has 0 saturated heterocycles. The zero-order valence-corrected chi connectivity index (χ0v) is 14.6. The topological polar surface area (TPSA) is 130 Å². The molecule has 1 amide bonds.